The van der Waals surface area contributed by atoms with Gasteiger partial charge in [-0.25, -0.2) is 8.42 Å². The molecule has 0 radical (unpaired) electrons. The second-order valence-corrected chi connectivity index (χ2v) is 7.23. The summed E-state index contributed by atoms with van der Waals surface area (Å²) in [6.07, 6.45) is 1.95. The fourth-order valence-electron chi connectivity index (χ4n) is 1.88. The van der Waals surface area contributed by atoms with Gasteiger partial charge in [0.15, 0.2) is 9.84 Å². The fraction of sp³-hybridized carbons (Fsp3) is 0.667. The molecule has 7 heteroatoms. The van der Waals surface area contributed by atoms with E-state index in [9.17, 15) is 13.2 Å². The summed E-state index contributed by atoms with van der Waals surface area (Å²) in [6, 6.07) is 1.62. The van der Waals surface area contributed by atoms with Gasteiger partial charge in [-0.15, -0.1) is 0 Å². The summed E-state index contributed by atoms with van der Waals surface area (Å²) in [7, 11) is -1.29. The first-order chi connectivity index (χ1) is 8.75. The van der Waals surface area contributed by atoms with Gasteiger partial charge < -0.3 is 10.2 Å². The molecule has 1 rings (SSSR count). The Morgan fingerprint density at radius 2 is 2.16 bits per heavy atom. The predicted molar refractivity (Wildman–Crippen MR) is 71.8 cm³/mol. The van der Waals surface area contributed by atoms with Gasteiger partial charge in [0.25, 0.3) is 5.91 Å². The Labute approximate surface area is 114 Å². The molecule has 1 aliphatic rings. The van der Waals surface area contributed by atoms with Gasteiger partial charge in [0, 0.05) is 25.3 Å². The molecule has 1 unspecified atom stereocenters. The minimum Gasteiger partial charge on any atom is -0.375 e. The van der Waals surface area contributed by atoms with Crippen molar-refractivity contribution in [3.63, 3.8) is 0 Å². The lowest BCUT2D eigenvalue weighted by molar-refractivity contribution is -0.117. The van der Waals surface area contributed by atoms with Crippen molar-refractivity contribution in [1.82, 2.24) is 10.2 Å². The highest BCUT2D eigenvalue weighted by Crippen LogP contribution is 2.17. The summed E-state index contributed by atoms with van der Waals surface area (Å²) in [6.45, 7) is 3.61. The van der Waals surface area contributed by atoms with Crippen LogP contribution in [0.3, 0.4) is 0 Å². The summed E-state index contributed by atoms with van der Waals surface area (Å²) in [5.41, 5.74) is -0.0134. The molecule has 0 saturated carbocycles. The maximum absolute atomic E-state index is 11.7. The first kappa shape index (κ1) is 15.5. The van der Waals surface area contributed by atoms with Crippen LogP contribution in [-0.4, -0.2) is 49.9 Å². The molecule has 0 aromatic heterocycles. The summed E-state index contributed by atoms with van der Waals surface area (Å²) >= 11 is 0. The van der Waals surface area contributed by atoms with Crippen LogP contribution in [0.5, 0.6) is 0 Å². The third-order valence-electron chi connectivity index (χ3n) is 2.90. The highest BCUT2D eigenvalue weighted by atomic mass is 32.2. The number of rotatable bonds is 4. The maximum atomic E-state index is 11.7. The van der Waals surface area contributed by atoms with Gasteiger partial charge in [-0.1, -0.05) is 0 Å². The molecule has 0 bridgehead atoms. The highest BCUT2D eigenvalue weighted by Gasteiger charge is 2.30. The van der Waals surface area contributed by atoms with Crippen molar-refractivity contribution in [2.75, 3.05) is 18.6 Å². The van der Waals surface area contributed by atoms with Crippen LogP contribution in [0, 0.1) is 11.3 Å². The van der Waals surface area contributed by atoms with Crippen LogP contribution in [0.1, 0.15) is 20.3 Å². The second-order valence-electron chi connectivity index (χ2n) is 5.01. The Morgan fingerprint density at radius 1 is 1.53 bits per heavy atom. The first-order valence-corrected chi connectivity index (χ1v) is 7.92. The summed E-state index contributed by atoms with van der Waals surface area (Å²) in [4.78, 5) is 13.4. The van der Waals surface area contributed by atoms with E-state index in [-0.39, 0.29) is 29.2 Å². The number of carbonyl (C=O) groups is 1. The lowest BCUT2D eigenvalue weighted by Gasteiger charge is -2.21. The minimum absolute atomic E-state index is 0.0134. The van der Waals surface area contributed by atoms with Crippen molar-refractivity contribution >= 4 is 15.7 Å². The smallest absolute Gasteiger partial charge is 0.263 e. The molecule has 1 saturated heterocycles. The number of hydrogen-bond acceptors (Lipinski definition) is 5. The Bertz CT molecular complexity index is 517. The number of sulfone groups is 1. The van der Waals surface area contributed by atoms with Crippen LogP contribution < -0.4 is 5.32 Å². The fourth-order valence-corrected chi connectivity index (χ4v) is 3.67. The average Bonchev–Trinajstić information content (AvgIpc) is 2.65. The Morgan fingerprint density at radius 3 is 2.58 bits per heavy atom. The molecule has 1 atom stereocenters. The van der Waals surface area contributed by atoms with E-state index in [1.165, 1.54) is 6.20 Å². The molecule has 0 aromatic carbocycles. The zero-order chi connectivity index (χ0) is 14.6. The van der Waals surface area contributed by atoms with Gasteiger partial charge in [0.05, 0.1) is 11.5 Å². The number of carbonyl (C=O) groups excluding carboxylic acids is 1. The van der Waals surface area contributed by atoms with E-state index in [1.807, 2.05) is 6.07 Å². The molecule has 106 valence electrons. The predicted octanol–water partition coefficient (Wildman–Crippen LogP) is 0.0374. The van der Waals surface area contributed by atoms with E-state index in [4.69, 9.17) is 5.26 Å². The number of nitriles is 1. The molecular weight excluding hydrogens is 266 g/mol. The summed E-state index contributed by atoms with van der Waals surface area (Å²) in [5.74, 6) is -0.203. The first-order valence-electron chi connectivity index (χ1n) is 6.10. The molecule has 1 N–H and O–H groups in total. The van der Waals surface area contributed by atoms with Gasteiger partial charge in [0.1, 0.15) is 11.6 Å². The van der Waals surface area contributed by atoms with Crippen molar-refractivity contribution in [2.45, 2.75) is 32.4 Å². The lowest BCUT2D eigenvalue weighted by Crippen LogP contribution is -2.33. The van der Waals surface area contributed by atoms with Gasteiger partial charge in [-0.2, -0.15) is 5.26 Å². The van der Waals surface area contributed by atoms with Crippen molar-refractivity contribution < 1.29 is 13.2 Å². The molecule has 0 aromatic rings. The van der Waals surface area contributed by atoms with Gasteiger partial charge in [0.2, 0.25) is 0 Å². The molecular formula is C12H19N3O3S. The molecule has 1 heterocycles. The van der Waals surface area contributed by atoms with Crippen LogP contribution in [0.15, 0.2) is 11.8 Å². The third kappa shape index (κ3) is 4.56. The highest BCUT2D eigenvalue weighted by molar-refractivity contribution is 7.91. The third-order valence-corrected chi connectivity index (χ3v) is 4.65. The van der Waals surface area contributed by atoms with E-state index in [2.05, 4.69) is 5.32 Å². The molecule has 6 nitrogen and oxygen atoms in total. The molecule has 1 aliphatic heterocycles. The van der Waals surface area contributed by atoms with Gasteiger partial charge in [-0.3, -0.25) is 4.79 Å². The molecule has 1 fully saturated rings. The monoisotopic (exact) mass is 285 g/mol. The lowest BCUT2D eigenvalue weighted by atomic mass is 10.2. The van der Waals surface area contributed by atoms with Gasteiger partial charge >= 0.3 is 0 Å². The standard InChI is InChI=1S/C12H19N3O3S/c1-9(2)14-12(16)10(6-13)7-15(3)11-4-5-19(17,18)8-11/h7,9,11H,4-5,8H2,1-3H3,(H,14,16)/b10-7-. The Hall–Kier alpha value is -1.55. The van der Waals surface area contributed by atoms with Crippen LogP contribution in [-0.2, 0) is 14.6 Å². The zero-order valence-electron chi connectivity index (χ0n) is 11.4. The number of nitrogens with zero attached hydrogens (tertiary/aromatic N) is 2. The van der Waals surface area contributed by atoms with Crippen molar-refractivity contribution in [2.24, 2.45) is 0 Å². The maximum Gasteiger partial charge on any atom is 0.263 e. The molecule has 0 spiro atoms. The largest absolute Gasteiger partial charge is 0.375 e. The topological polar surface area (TPSA) is 90.3 Å². The van der Waals surface area contributed by atoms with Crippen molar-refractivity contribution in [1.29, 1.82) is 5.26 Å². The normalized spacial score (nSPS) is 22.1. The van der Waals surface area contributed by atoms with E-state index in [1.54, 1.807) is 25.8 Å². The minimum atomic E-state index is -2.98. The van der Waals surface area contributed by atoms with Crippen LogP contribution in [0.4, 0.5) is 0 Å². The van der Waals surface area contributed by atoms with Gasteiger partial charge in [-0.05, 0) is 20.3 Å². The number of hydrogen-bond donors (Lipinski definition) is 1. The second kappa shape index (κ2) is 6.06. The van der Waals surface area contributed by atoms with E-state index >= 15 is 0 Å². The summed E-state index contributed by atoms with van der Waals surface area (Å²) in [5, 5.41) is 11.6. The average molecular weight is 285 g/mol. The molecule has 1 amide bonds. The number of amides is 1. The molecule has 0 aliphatic carbocycles. The number of nitrogens with one attached hydrogen (secondary N) is 1. The van der Waals surface area contributed by atoms with Crippen LogP contribution >= 0.6 is 0 Å². The van der Waals surface area contributed by atoms with Crippen LogP contribution in [0.2, 0.25) is 0 Å². The quantitative estimate of drug-likeness (QED) is 0.581. The molecule has 19 heavy (non-hydrogen) atoms. The van der Waals surface area contributed by atoms with Crippen molar-refractivity contribution in [3.05, 3.63) is 11.8 Å². The zero-order valence-corrected chi connectivity index (χ0v) is 12.2. The van der Waals surface area contributed by atoms with Crippen LogP contribution in [0.25, 0.3) is 0 Å². The van der Waals surface area contributed by atoms with E-state index in [0.29, 0.717) is 6.42 Å². The Balaban J connectivity index is 2.76. The van der Waals surface area contributed by atoms with E-state index < -0.39 is 15.7 Å². The Kier molecular flexibility index (Phi) is 4.95. The summed E-state index contributed by atoms with van der Waals surface area (Å²) < 4.78 is 22.8. The SMILES string of the molecule is CC(C)NC(=O)/C(C#N)=C\N(C)C1CCS(=O)(=O)C1. The van der Waals surface area contributed by atoms with E-state index in [0.717, 1.165) is 0 Å². The van der Waals surface area contributed by atoms with Crippen molar-refractivity contribution in [3.8, 4) is 6.07 Å².